The van der Waals surface area contributed by atoms with Gasteiger partial charge in [0.1, 0.15) is 11.4 Å². The zero-order valence-corrected chi connectivity index (χ0v) is 16.8. The molecule has 2 aliphatic heterocycles. The number of benzene rings is 2. The van der Waals surface area contributed by atoms with E-state index in [1.165, 1.54) is 16.6 Å². The molecular formula is C24H27N3O2. The van der Waals surface area contributed by atoms with Crippen molar-refractivity contribution in [3.63, 3.8) is 0 Å². The van der Waals surface area contributed by atoms with Crippen molar-refractivity contribution < 1.29 is 9.53 Å². The van der Waals surface area contributed by atoms with Crippen molar-refractivity contribution >= 4 is 22.4 Å². The number of hydrogen-bond acceptors (Lipinski definition) is 4. The molecular weight excluding hydrogens is 362 g/mol. The average molecular weight is 389 g/mol. The molecule has 2 aliphatic rings. The molecule has 0 radical (unpaired) electrons. The van der Waals surface area contributed by atoms with Crippen molar-refractivity contribution in [2.45, 2.75) is 38.2 Å². The van der Waals surface area contributed by atoms with Crippen LogP contribution in [0.2, 0.25) is 0 Å². The minimum Gasteiger partial charge on any atom is -0.486 e. The van der Waals surface area contributed by atoms with E-state index in [1.807, 2.05) is 12.1 Å². The van der Waals surface area contributed by atoms with Crippen LogP contribution in [0.15, 0.2) is 42.5 Å². The second-order valence-corrected chi connectivity index (χ2v) is 8.40. The second-order valence-electron chi connectivity index (χ2n) is 8.40. The highest BCUT2D eigenvalue weighted by atomic mass is 16.5. The molecule has 3 heterocycles. The SMILES string of the molecule is Cc1[nH]c2ccccc2c1CCC1C(=O)c2ccc(N)cc2OC12CCNCC2. The van der Waals surface area contributed by atoms with Gasteiger partial charge in [0.25, 0.3) is 0 Å². The summed E-state index contributed by atoms with van der Waals surface area (Å²) >= 11 is 0. The number of Topliss-reactive ketones (excluding diaryl/α,β-unsaturated/α-hetero) is 1. The molecule has 0 saturated carbocycles. The Hall–Kier alpha value is -2.79. The van der Waals surface area contributed by atoms with Crippen LogP contribution in [0.1, 0.15) is 40.9 Å². The number of H-pyrrole nitrogens is 1. The predicted molar refractivity (Wildman–Crippen MR) is 115 cm³/mol. The Bertz CT molecular complexity index is 1080. The second kappa shape index (κ2) is 6.92. The Morgan fingerprint density at radius 1 is 1.17 bits per heavy atom. The highest BCUT2D eigenvalue weighted by molar-refractivity contribution is 6.02. The first-order valence-corrected chi connectivity index (χ1v) is 10.5. The van der Waals surface area contributed by atoms with Gasteiger partial charge in [0.15, 0.2) is 5.78 Å². The summed E-state index contributed by atoms with van der Waals surface area (Å²) in [5.74, 6) is 0.704. The lowest BCUT2D eigenvalue weighted by atomic mass is 9.71. The number of piperidine rings is 1. The first kappa shape index (κ1) is 18.3. The fourth-order valence-electron chi connectivity index (χ4n) is 5.18. The lowest BCUT2D eigenvalue weighted by Crippen LogP contribution is -2.56. The summed E-state index contributed by atoms with van der Waals surface area (Å²) in [5.41, 5.74) is 10.5. The molecule has 5 rings (SSSR count). The molecule has 4 N–H and O–H groups in total. The molecule has 5 heteroatoms. The number of ether oxygens (including phenoxy) is 1. The van der Waals surface area contributed by atoms with Crippen LogP contribution in [0.5, 0.6) is 5.75 Å². The molecule has 2 aromatic carbocycles. The van der Waals surface area contributed by atoms with Crippen molar-refractivity contribution in [3.05, 3.63) is 59.3 Å². The standard InChI is InChI=1S/C24H27N3O2/c1-15-17(18-4-2-3-5-21(18)27-15)8-9-20-23(28)19-7-6-16(25)14-22(19)29-24(20)10-12-26-13-11-24/h2-7,14,20,26-27H,8-13,25H2,1H3. The largest absolute Gasteiger partial charge is 0.486 e. The number of nitrogens with two attached hydrogens (primary N) is 1. The fourth-order valence-corrected chi connectivity index (χ4v) is 5.18. The number of para-hydroxylation sites is 1. The van der Waals surface area contributed by atoms with Crippen LogP contribution < -0.4 is 15.8 Å². The third kappa shape index (κ3) is 3.01. The number of aromatic amines is 1. The lowest BCUT2D eigenvalue weighted by Gasteiger charge is -2.46. The normalized spacial score (nSPS) is 20.6. The van der Waals surface area contributed by atoms with E-state index in [9.17, 15) is 4.79 Å². The number of aromatic nitrogens is 1. The Morgan fingerprint density at radius 2 is 1.97 bits per heavy atom. The number of ketones is 1. The summed E-state index contributed by atoms with van der Waals surface area (Å²) in [7, 11) is 0. The van der Waals surface area contributed by atoms with Crippen LogP contribution in [-0.4, -0.2) is 29.5 Å². The Morgan fingerprint density at radius 3 is 2.79 bits per heavy atom. The molecule has 1 unspecified atom stereocenters. The zero-order valence-electron chi connectivity index (χ0n) is 16.8. The highest BCUT2D eigenvalue weighted by Crippen LogP contribution is 2.44. The fraction of sp³-hybridized carbons (Fsp3) is 0.375. The number of rotatable bonds is 3. The lowest BCUT2D eigenvalue weighted by molar-refractivity contribution is -0.0232. The molecule has 1 aromatic heterocycles. The van der Waals surface area contributed by atoms with Crippen LogP contribution >= 0.6 is 0 Å². The molecule has 29 heavy (non-hydrogen) atoms. The van der Waals surface area contributed by atoms with Crippen LogP contribution in [-0.2, 0) is 6.42 Å². The van der Waals surface area contributed by atoms with Gasteiger partial charge in [0.2, 0.25) is 0 Å². The van der Waals surface area contributed by atoms with E-state index in [2.05, 4.69) is 35.4 Å². The minimum absolute atomic E-state index is 0.145. The van der Waals surface area contributed by atoms with E-state index in [0.717, 1.165) is 44.3 Å². The number of hydrogen-bond donors (Lipinski definition) is 3. The van der Waals surface area contributed by atoms with E-state index in [1.54, 1.807) is 12.1 Å². The van der Waals surface area contributed by atoms with Crippen molar-refractivity contribution in [1.29, 1.82) is 0 Å². The summed E-state index contributed by atoms with van der Waals surface area (Å²) in [6.07, 6.45) is 3.31. The van der Waals surface area contributed by atoms with Crippen molar-refractivity contribution in [3.8, 4) is 5.75 Å². The zero-order chi connectivity index (χ0) is 20.0. The summed E-state index contributed by atoms with van der Waals surface area (Å²) in [6, 6.07) is 13.8. The van der Waals surface area contributed by atoms with Gasteiger partial charge in [-0.1, -0.05) is 18.2 Å². The summed E-state index contributed by atoms with van der Waals surface area (Å²) in [5, 5.41) is 4.66. The van der Waals surface area contributed by atoms with Gasteiger partial charge in [-0.15, -0.1) is 0 Å². The van der Waals surface area contributed by atoms with Crippen LogP contribution in [0, 0.1) is 12.8 Å². The number of carbonyl (C=O) groups is 1. The van der Waals surface area contributed by atoms with Gasteiger partial charge in [0, 0.05) is 41.2 Å². The topological polar surface area (TPSA) is 80.1 Å². The van der Waals surface area contributed by atoms with E-state index in [4.69, 9.17) is 10.5 Å². The number of carbonyl (C=O) groups excluding carboxylic acids is 1. The summed E-state index contributed by atoms with van der Waals surface area (Å²) in [4.78, 5) is 17.0. The first-order chi connectivity index (χ1) is 14.1. The van der Waals surface area contributed by atoms with Crippen LogP contribution in [0.25, 0.3) is 10.9 Å². The number of nitrogen functional groups attached to an aromatic ring is 1. The van der Waals surface area contributed by atoms with Gasteiger partial charge in [-0.2, -0.15) is 0 Å². The van der Waals surface area contributed by atoms with Crippen molar-refractivity contribution in [2.75, 3.05) is 18.8 Å². The third-order valence-electron chi connectivity index (χ3n) is 6.70. The van der Waals surface area contributed by atoms with Crippen LogP contribution in [0.4, 0.5) is 5.69 Å². The molecule has 0 amide bonds. The number of anilines is 1. The van der Waals surface area contributed by atoms with Gasteiger partial charge in [0.05, 0.1) is 11.5 Å². The maximum absolute atomic E-state index is 13.6. The van der Waals surface area contributed by atoms with E-state index in [-0.39, 0.29) is 11.7 Å². The van der Waals surface area contributed by atoms with Gasteiger partial charge in [-0.25, -0.2) is 0 Å². The molecule has 150 valence electrons. The molecule has 5 nitrogen and oxygen atoms in total. The molecule has 0 bridgehead atoms. The Labute approximate surface area is 170 Å². The Balaban J connectivity index is 1.50. The van der Waals surface area contributed by atoms with E-state index < -0.39 is 5.60 Å². The van der Waals surface area contributed by atoms with Crippen LogP contribution in [0.3, 0.4) is 0 Å². The molecule has 3 aromatic rings. The quantitative estimate of drug-likeness (QED) is 0.592. The van der Waals surface area contributed by atoms with Gasteiger partial charge < -0.3 is 20.8 Å². The first-order valence-electron chi connectivity index (χ1n) is 10.5. The molecule has 0 aliphatic carbocycles. The van der Waals surface area contributed by atoms with Gasteiger partial charge >= 0.3 is 0 Å². The molecule has 1 spiro atoms. The maximum Gasteiger partial charge on any atom is 0.173 e. The summed E-state index contributed by atoms with van der Waals surface area (Å²) < 4.78 is 6.56. The smallest absolute Gasteiger partial charge is 0.173 e. The molecule has 1 saturated heterocycles. The monoisotopic (exact) mass is 389 g/mol. The van der Waals surface area contributed by atoms with E-state index in [0.29, 0.717) is 17.0 Å². The van der Waals surface area contributed by atoms with Crippen molar-refractivity contribution in [1.82, 2.24) is 10.3 Å². The van der Waals surface area contributed by atoms with Gasteiger partial charge in [-0.05, 0) is 56.6 Å². The number of aryl methyl sites for hydroxylation is 2. The molecule has 1 fully saturated rings. The predicted octanol–water partition coefficient (Wildman–Crippen LogP) is 4.00. The van der Waals surface area contributed by atoms with Crippen molar-refractivity contribution in [2.24, 2.45) is 5.92 Å². The number of nitrogens with one attached hydrogen (secondary N) is 2. The van der Waals surface area contributed by atoms with Gasteiger partial charge in [-0.3, -0.25) is 4.79 Å². The Kier molecular flexibility index (Phi) is 4.36. The number of fused-ring (bicyclic) bond motifs is 2. The minimum atomic E-state index is -0.441. The van der Waals surface area contributed by atoms with E-state index >= 15 is 0 Å². The third-order valence-corrected chi connectivity index (χ3v) is 6.70. The maximum atomic E-state index is 13.6. The molecule has 1 atom stereocenters. The highest BCUT2D eigenvalue weighted by Gasteiger charge is 2.49. The average Bonchev–Trinajstić information content (AvgIpc) is 3.03. The summed E-state index contributed by atoms with van der Waals surface area (Å²) in [6.45, 7) is 3.86.